The Morgan fingerprint density at radius 2 is 1.76 bits per heavy atom. The van der Waals surface area contributed by atoms with E-state index in [-0.39, 0.29) is 0 Å². The maximum Gasteiger partial charge on any atom is 0.182 e. The minimum Gasteiger partial charge on any atom is -0.496 e. The van der Waals surface area contributed by atoms with E-state index in [0.29, 0.717) is 6.04 Å². The third kappa shape index (κ3) is 4.29. The summed E-state index contributed by atoms with van der Waals surface area (Å²) in [4.78, 5) is 0. The average molecular weight is 467 g/mol. The Labute approximate surface area is 204 Å². The number of hydrogen-bond donors (Lipinski definition) is 0. The number of aromatic nitrogens is 2. The van der Waals surface area contributed by atoms with E-state index in [4.69, 9.17) is 19.3 Å². The molecule has 0 saturated carbocycles. The highest BCUT2D eigenvalue weighted by atomic mass is 16.5. The molecule has 0 aliphatic carbocycles. The van der Waals surface area contributed by atoms with Crippen LogP contribution in [0.1, 0.15) is 50.8 Å². The predicted octanol–water partition coefficient (Wildman–Crippen LogP) is 5.81. The zero-order valence-corrected chi connectivity index (χ0v) is 21.7. The minimum atomic E-state index is 0.533. The van der Waals surface area contributed by atoms with E-state index < -0.39 is 0 Å². The molecule has 6 nitrogen and oxygen atoms in total. The Hall–Kier alpha value is -2.57. The molecular weight excluding hydrogens is 426 g/mol. The molecule has 1 atom stereocenters. The Bertz CT molecular complexity index is 1110. The first-order valence-corrected chi connectivity index (χ1v) is 12.7. The molecule has 0 radical (unpaired) electrons. The summed E-state index contributed by atoms with van der Waals surface area (Å²) in [5, 5.41) is 5.21. The molecule has 184 valence electrons. The monoisotopic (exact) mass is 466 g/mol. The van der Waals surface area contributed by atoms with Gasteiger partial charge in [0.1, 0.15) is 22.7 Å². The van der Waals surface area contributed by atoms with Gasteiger partial charge < -0.3 is 14.2 Å². The number of unbranched alkanes of at least 4 members (excludes halogenated alkanes) is 1. The van der Waals surface area contributed by atoms with Gasteiger partial charge in [-0.3, -0.25) is 4.48 Å². The van der Waals surface area contributed by atoms with Crippen molar-refractivity contribution in [3.8, 4) is 22.8 Å². The molecule has 3 heterocycles. The van der Waals surface area contributed by atoms with Crippen molar-refractivity contribution in [3.05, 3.63) is 41.6 Å². The van der Waals surface area contributed by atoms with Crippen molar-refractivity contribution in [2.24, 2.45) is 0 Å². The van der Waals surface area contributed by atoms with E-state index in [1.165, 1.54) is 29.7 Å². The van der Waals surface area contributed by atoms with Crippen LogP contribution in [0.5, 0.6) is 11.5 Å². The number of rotatable bonds is 9. The smallest absolute Gasteiger partial charge is 0.182 e. The van der Waals surface area contributed by atoms with Gasteiger partial charge in [-0.15, -0.1) is 0 Å². The number of aryl methyl sites for hydroxylation is 2. The third-order valence-corrected chi connectivity index (χ3v) is 7.43. The largest absolute Gasteiger partial charge is 0.496 e. The lowest BCUT2D eigenvalue weighted by atomic mass is 10.0. The quantitative estimate of drug-likeness (QED) is 0.374. The van der Waals surface area contributed by atoms with E-state index in [1.54, 1.807) is 14.2 Å². The molecule has 1 aliphatic heterocycles. The highest BCUT2D eigenvalue weighted by Gasteiger charge is 2.40. The number of methoxy groups -OCH3 is 2. The lowest BCUT2D eigenvalue weighted by Crippen LogP contribution is -2.56. The first-order chi connectivity index (χ1) is 16.5. The van der Waals surface area contributed by atoms with Crippen molar-refractivity contribution in [3.63, 3.8) is 0 Å². The van der Waals surface area contributed by atoms with Crippen LogP contribution in [0, 0.1) is 6.92 Å². The van der Waals surface area contributed by atoms with Crippen LogP contribution in [0.4, 0.5) is 5.69 Å². The summed E-state index contributed by atoms with van der Waals surface area (Å²) in [5.74, 6) is 1.60. The number of benzene rings is 1. The van der Waals surface area contributed by atoms with Gasteiger partial charge in [-0.25, -0.2) is 4.52 Å². The first-order valence-electron chi connectivity index (χ1n) is 12.7. The summed E-state index contributed by atoms with van der Waals surface area (Å²) >= 11 is 0. The van der Waals surface area contributed by atoms with Crippen molar-refractivity contribution in [2.45, 2.75) is 58.9 Å². The summed E-state index contributed by atoms with van der Waals surface area (Å²) in [5.41, 5.74) is 6.72. The van der Waals surface area contributed by atoms with Gasteiger partial charge in [-0.1, -0.05) is 26.3 Å². The Balaban J connectivity index is 1.98. The number of pyridine rings is 1. The normalized spacial score (nSPS) is 16.5. The lowest BCUT2D eigenvalue weighted by Gasteiger charge is -2.43. The first kappa shape index (κ1) is 24.6. The average Bonchev–Trinajstić information content (AvgIpc) is 3.27. The molecule has 34 heavy (non-hydrogen) atoms. The molecule has 6 heteroatoms. The molecule has 1 fully saturated rings. The third-order valence-electron chi connectivity index (χ3n) is 7.43. The lowest BCUT2D eigenvalue weighted by molar-refractivity contribution is 0.0445. The van der Waals surface area contributed by atoms with Crippen LogP contribution in [0.15, 0.2) is 30.3 Å². The van der Waals surface area contributed by atoms with Gasteiger partial charge in [-0.05, 0) is 49.6 Å². The van der Waals surface area contributed by atoms with Gasteiger partial charge >= 0.3 is 0 Å². The van der Waals surface area contributed by atoms with Gasteiger partial charge in [-0.2, -0.15) is 5.10 Å². The highest BCUT2D eigenvalue weighted by Crippen LogP contribution is 2.43. The molecule has 3 aromatic rings. The topological polar surface area (TPSA) is 45.0 Å². The summed E-state index contributed by atoms with van der Waals surface area (Å²) < 4.78 is 20.4. The number of quaternary nitrogens is 1. The minimum absolute atomic E-state index is 0.533. The van der Waals surface area contributed by atoms with Crippen LogP contribution in [-0.2, 0) is 11.2 Å². The maximum atomic E-state index is 5.81. The molecule has 1 saturated heterocycles. The van der Waals surface area contributed by atoms with E-state index in [0.717, 1.165) is 71.8 Å². The standard InChI is InChI=1S/C28H40N3O3/c1-7-9-15-31(4,21-13-16-34-17-14-21)28-22(8-2)29-30-23(11-10-12-24(28)30)27-25(32-5)18-20(3)19-26(27)33-6/h10-12,18-19,21H,7-9,13-17H2,1-6H3/q+1. The second-order valence-electron chi connectivity index (χ2n) is 9.59. The Kier molecular flexibility index (Phi) is 7.48. The van der Waals surface area contributed by atoms with E-state index in [9.17, 15) is 0 Å². The van der Waals surface area contributed by atoms with E-state index >= 15 is 0 Å². The molecule has 0 amide bonds. The fourth-order valence-corrected chi connectivity index (χ4v) is 5.60. The highest BCUT2D eigenvalue weighted by molar-refractivity contribution is 5.82. The SMILES string of the molecule is CCCC[N+](C)(c1c(CC)nn2c(-c3c(OC)cc(C)cc3OC)cccc12)C1CCOCC1. The van der Waals surface area contributed by atoms with Gasteiger partial charge in [0, 0.05) is 12.8 Å². The zero-order valence-electron chi connectivity index (χ0n) is 21.7. The van der Waals surface area contributed by atoms with Crippen molar-refractivity contribution < 1.29 is 14.2 Å². The van der Waals surface area contributed by atoms with Gasteiger partial charge in [0.2, 0.25) is 0 Å². The van der Waals surface area contributed by atoms with Crippen LogP contribution in [-0.4, -0.2) is 56.7 Å². The number of ether oxygens (including phenoxy) is 3. The molecule has 1 aliphatic rings. The fraction of sp³-hybridized carbons (Fsp3) is 0.536. The molecule has 0 N–H and O–H groups in total. The summed E-state index contributed by atoms with van der Waals surface area (Å²) in [6.45, 7) is 9.34. The van der Waals surface area contributed by atoms with E-state index in [1.807, 2.05) is 0 Å². The van der Waals surface area contributed by atoms with Crippen molar-refractivity contribution in [1.29, 1.82) is 0 Å². The van der Waals surface area contributed by atoms with Crippen molar-refractivity contribution in [1.82, 2.24) is 14.1 Å². The van der Waals surface area contributed by atoms with Crippen LogP contribution in [0.25, 0.3) is 16.8 Å². The number of fused-ring (bicyclic) bond motifs is 1. The van der Waals surface area contributed by atoms with Crippen LogP contribution in [0.2, 0.25) is 0 Å². The second-order valence-corrected chi connectivity index (χ2v) is 9.59. The predicted molar refractivity (Wildman–Crippen MR) is 139 cm³/mol. The van der Waals surface area contributed by atoms with Gasteiger partial charge in [0.15, 0.2) is 5.69 Å². The molecule has 4 rings (SSSR count). The molecule has 1 unspecified atom stereocenters. The molecule has 1 aromatic carbocycles. The summed E-state index contributed by atoms with van der Waals surface area (Å²) in [6.07, 6.45) is 5.43. The molecular formula is C28H40N3O3+. The summed E-state index contributed by atoms with van der Waals surface area (Å²) in [7, 11) is 5.85. The van der Waals surface area contributed by atoms with Crippen LogP contribution < -0.4 is 14.0 Å². The Morgan fingerprint density at radius 3 is 2.35 bits per heavy atom. The molecule has 2 aromatic heterocycles. The van der Waals surface area contributed by atoms with E-state index in [2.05, 4.69) is 62.7 Å². The second kappa shape index (κ2) is 10.4. The van der Waals surface area contributed by atoms with Crippen LogP contribution >= 0.6 is 0 Å². The Morgan fingerprint density at radius 1 is 1.09 bits per heavy atom. The summed E-state index contributed by atoms with van der Waals surface area (Å²) in [6, 6.07) is 11.1. The maximum absolute atomic E-state index is 5.81. The van der Waals surface area contributed by atoms with Crippen LogP contribution in [0.3, 0.4) is 0 Å². The molecule has 0 bridgehead atoms. The fourth-order valence-electron chi connectivity index (χ4n) is 5.60. The van der Waals surface area contributed by atoms with Gasteiger partial charge in [0.25, 0.3) is 0 Å². The number of hydrogen-bond acceptors (Lipinski definition) is 4. The van der Waals surface area contributed by atoms with Crippen molar-refractivity contribution in [2.75, 3.05) is 41.0 Å². The number of nitrogens with zero attached hydrogens (tertiary/aromatic N) is 3. The van der Waals surface area contributed by atoms with Gasteiger partial charge in [0.05, 0.1) is 58.3 Å². The van der Waals surface area contributed by atoms with Crippen molar-refractivity contribution >= 4 is 11.2 Å². The molecule has 0 spiro atoms. The zero-order chi connectivity index (χ0) is 24.3.